The predicted molar refractivity (Wildman–Crippen MR) is 39.0 cm³/mol. The lowest BCUT2D eigenvalue weighted by atomic mass is 10.2. The molecule has 0 unspecified atom stereocenters. The van der Waals surface area contributed by atoms with Gasteiger partial charge in [-0.3, -0.25) is 5.73 Å². The van der Waals surface area contributed by atoms with Gasteiger partial charge < -0.3 is 4.42 Å². The number of fused-ring (bicyclic) bond motifs is 1. The summed E-state index contributed by atoms with van der Waals surface area (Å²) in [6.07, 6.45) is 1.45. The molecule has 0 aliphatic carbocycles. The van der Waals surface area contributed by atoms with E-state index in [2.05, 4.69) is 0 Å². The highest BCUT2D eigenvalue weighted by atomic mass is 16.3. The molecule has 2 rings (SSSR count). The third-order valence-corrected chi connectivity index (χ3v) is 1.48. The van der Waals surface area contributed by atoms with Gasteiger partial charge in [0.1, 0.15) is 17.5 Å². The Labute approximate surface area is 58.2 Å². The predicted octanol–water partition coefficient (Wildman–Crippen LogP) is 2.35. The highest BCUT2D eigenvalue weighted by Gasteiger charge is 1.98. The molecule has 2 heteroatoms. The lowest BCUT2D eigenvalue weighted by Crippen LogP contribution is -1.63. The molecule has 0 aliphatic rings. The van der Waals surface area contributed by atoms with Crippen molar-refractivity contribution in [3.8, 4) is 0 Å². The smallest absolute Gasteiger partial charge is 0.136 e. The van der Waals surface area contributed by atoms with Crippen LogP contribution in [0.25, 0.3) is 11.0 Å². The average molecular weight is 132 g/mol. The van der Waals surface area contributed by atoms with Gasteiger partial charge in [-0.25, -0.2) is 0 Å². The zero-order valence-electron chi connectivity index (χ0n) is 5.29. The first-order valence-corrected chi connectivity index (χ1v) is 3.06. The van der Waals surface area contributed by atoms with Crippen molar-refractivity contribution in [3.63, 3.8) is 0 Å². The minimum absolute atomic E-state index is 0.454. The molecule has 1 aromatic carbocycles. The molecule has 0 fully saturated rings. The minimum Gasteiger partial charge on any atom is -0.462 e. The van der Waals surface area contributed by atoms with Crippen LogP contribution >= 0.6 is 0 Å². The quantitative estimate of drug-likeness (QED) is 0.542. The van der Waals surface area contributed by atoms with Gasteiger partial charge in [-0.1, -0.05) is 12.1 Å². The molecule has 0 spiro atoms. The van der Waals surface area contributed by atoms with Crippen LogP contribution in [0.2, 0.25) is 0 Å². The van der Waals surface area contributed by atoms with Crippen LogP contribution in [0.1, 0.15) is 0 Å². The number of rotatable bonds is 0. The second kappa shape index (κ2) is 1.77. The van der Waals surface area contributed by atoms with Crippen LogP contribution in [-0.4, -0.2) is 0 Å². The Morgan fingerprint density at radius 3 is 2.80 bits per heavy atom. The molecule has 2 nitrogen and oxygen atoms in total. The standard InChI is InChI=1S/C8H6NO/c9-7-5-10-8-4-2-1-3-6(7)8/h1-5,9H. The Balaban J connectivity index is 2.93. The summed E-state index contributed by atoms with van der Waals surface area (Å²) < 4.78 is 5.06. The van der Waals surface area contributed by atoms with Crippen molar-refractivity contribution in [1.29, 1.82) is 0 Å². The maximum absolute atomic E-state index is 7.35. The molecule has 2 aromatic rings. The van der Waals surface area contributed by atoms with E-state index in [0.717, 1.165) is 11.0 Å². The van der Waals surface area contributed by atoms with Crippen molar-refractivity contribution >= 4 is 16.7 Å². The molecule has 49 valence electrons. The van der Waals surface area contributed by atoms with Crippen molar-refractivity contribution in [3.05, 3.63) is 30.5 Å². The van der Waals surface area contributed by atoms with Crippen LogP contribution < -0.4 is 5.73 Å². The normalized spacial score (nSPS) is 10.4. The van der Waals surface area contributed by atoms with Crippen molar-refractivity contribution < 1.29 is 4.42 Å². The molecule has 10 heavy (non-hydrogen) atoms. The molecule has 0 saturated carbocycles. The van der Waals surface area contributed by atoms with E-state index in [0.29, 0.717) is 5.69 Å². The molecule has 1 N–H and O–H groups in total. The summed E-state index contributed by atoms with van der Waals surface area (Å²) in [5, 5.41) is 0.877. The van der Waals surface area contributed by atoms with Crippen molar-refractivity contribution in [2.45, 2.75) is 0 Å². The molecule has 0 bridgehead atoms. The molecule has 1 radical (unpaired) electrons. The number of hydrogen-bond acceptors (Lipinski definition) is 1. The van der Waals surface area contributed by atoms with E-state index < -0.39 is 0 Å². The van der Waals surface area contributed by atoms with E-state index >= 15 is 0 Å². The van der Waals surface area contributed by atoms with Gasteiger partial charge in [0.25, 0.3) is 0 Å². The Morgan fingerprint density at radius 1 is 1.20 bits per heavy atom. The topological polar surface area (TPSA) is 36.9 Å². The maximum Gasteiger partial charge on any atom is 0.136 e. The summed E-state index contributed by atoms with van der Waals surface area (Å²) in [7, 11) is 0. The Kier molecular flexibility index (Phi) is 0.947. The van der Waals surface area contributed by atoms with Crippen LogP contribution in [0.4, 0.5) is 5.69 Å². The van der Waals surface area contributed by atoms with E-state index in [1.165, 1.54) is 6.26 Å². The number of para-hydroxylation sites is 1. The van der Waals surface area contributed by atoms with Gasteiger partial charge in [-0.15, -0.1) is 0 Å². The molecular weight excluding hydrogens is 126 g/mol. The highest BCUT2D eigenvalue weighted by molar-refractivity contribution is 5.87. The summed E-state index contributed by atoms with van der Waals surface area (Å²) in [4.78, 5) is 0. The lowest BCUT2D eigenvalue weighted by Gasteiger charge is -1.83. The van der Waals surface area contributed by atoms with Gasteiger partial charge in [-0.05, 0) is 12.1 Å². The first kappa shape index (κ1) is 5.35. The van der Waals surface area contributed by atoms with Gasteiger partial charge in [0, 0.05) is 5.39 Å². The van der Waals surface area contributed by atoms with Crippen LogP contribution in [0, 0.1) is 0 Å². The number of benzene rings is 1. The number of hydrogen-bond donors (Lipinski definition) is 0. The van der Waals surface area contributed by atoms with Crippen LogP contribution in [-0.2, 0) is 0 Å². The van der Waals surface area contributed by atoms with Gasteiger partial charge in [0.05, 0.1) is 0 Å². The van der Waals surface area contributed by atoms with E-state index in [4.69, 9.17) is 10.2 Å². The fourth-order valence-corrected chi connectivity index (χ4v) is 0.978. The van der Waals surface area contributed by atoms with Crippen molar-refractivity contribution in [2.24, 2.45) is 0 Å². The van der Waals surface area contributed by atoms with E-state index in [1.54, 1.807) is 0 Å². The third-order valence-electron chi connectivity index (χ3n) is 1.48. The molecule has 1 heterocycles. The molecule has 1 aromatic heterocycles. The fourth-order valence-electron chi connectivity index (χ4n) is 0.978. The Morgan fingerprint density at radius 2 is 2.00 bits per heavy atom. The van der Waals surface area contributed by atoms with Gasteiger partial charge in [-0.2, -0.15) is 0 Å². The van der Waals surface area contributed by atoms with Crippen LogP contribution in [0.5, 0.6) is 0 Å². The largest absolute Gasteiger partial charge is 0.462 e. The van der Waals surface area contributed by atoms with Crippen molar-refractivity contribution in [1.82, 2.24) is 5.73 Å². The van der Waals surface area contributed by atoms with Gasteiger partial charge >= 0.3 is 0 Å². The lowest BCUT2D eigenvalue weighted by molar-refractivity contribution is 0.616. The maximum atomic E-state index is 7.35. The summed E-state index contributed by atoms with van der Waals surface area (Å²) >= 11 is 0. The Hall–Kier alpha value is -1.44. The van der Waals surface area contributed by atoms with E-state index in [1.807, 2.05) is 24.3 Å². The monoisotopic (exact) mass is 132 g/mol. The first-order valence-electron chi connectivity index (χ1n) is 3.06. The van der Waals surface area contributed by atoms with E-state index in [-0.39, 0.29) is 0 Å². The third kappa shape index (κ3) is 0.589. The zero-order valence-corrected chi connectivity index (χ0v) is 5.29. The average Bonchev–Trinajstić information content (AvgIpc) is 2.34. The zero-order chi connectivity index (χ0) is 6.97. The van der Waals surface area contributed by atoms with Crippen LogP contribution in [0.3, 0.4) is 0 Å². The molecule has 0 atom stereocenters. The summed E-state index contributed by atoms with van der Waals surface area (Å²) in [6.45, 7) is 0. The van der Waals surface area contributed by atoms with Gasteiger partial charge in [0.2, 0.25) is 0 Å². The molecular formula is C8H6NO. The molecule has 0 amide bonds. The van der Waals surface area contributed by atoms with Crippen molar-refractivity contribution in [2.75, 3.05) is 0 Å². The number of nitrogens with one attached hydrogen (secondary N) is 1. The second-order valence-corrected chi connectivity index (χ2v) is 2.15. The van der Waals surface area contributed by atoms with E-state index in [9.17, 15) is 0 Å². The molecule has 0 aliphatic heterocycles. The summed E-state index contributed by atoms with van der Waals surface area (Å²) in [5.74, 6) is 0. The van der Waals surface area contributed by atoms with Gasteiger partial charge in [0.15, 0.2) is 0 Å². The van der Waals surface area contributed by atoms with Crippen LogP contribution in [0.15, 0.2) is 34.9 Å². The molecule has 0 saturated heterocycles. The Bertz CT molecular complexity index is 351. The first-order chi connectivity index (χ1) is 4.88. The second-order valence-electron chi connectivity index (χ2n) is 2.15. The number of furan rings is 1. The summed E-state index contributed by atoms with van der Waals surface area (Å²) in [5.41, 5.74) is 8.59. The fraction of sp³-hybridized carbons (Fsp3) is 0. The highest BCUT2D eigenvalue weighted by Crippen LogP contribution is 2.22. The minimum atomic E-state index is 0.454. The summed E-state index contributed by atoms with van der Waals surface area (Å²) in [6, 6.07) is 7.52. The SMILES string of the molecule is [NH]c1coc2ccccc12.